The van der Waals surface area contributed by atoms with Crippen LogP contribution in [0.2, 0.25) is 0 Å². The van der Waals surface area contributed by atoms with Gasteiger partial charge in [0.1, 0.15) is 0 Å². The molecule has 7 aromatic rings. The molecule has 0 heterocycles. The number of carboxylic acid groups (broad SMARTS) is 4. The Hall–Kier alpha value is -3.60. The third-order valence-electron chi connectivity index (χ3n) is 7.29. The molecule has 37 heavy (non-hydrogen) atoms. The minimum atomic E-state index is -1.66. The van der Waals surface area contributed by atoms with Crippen LogP contribution < -0.4 is 0 Å². The van der Waals surface area contributed by atoms with Gasteiger partial charge < -0.3 is 20.4 Å². The summed E-state index contributed by atoms with van der Waals surface area (Å²) in [5.74, 6) is -6.41. The summed E-state index contributed by atoms with van der Waals surface area (Å²) < 4.78 is 0. The third-order valence-corrected chi connectivity index (χ3v) is 7.29. The van der Waals surface area contributed by atoms with Gasteiger partial charge in [-0.1, -0.05) is 48.5 Å². The molecule has 0 atom stereocenters. The van der Waals surface area contributed by atoms with E-state index in [1.807, 2.05) is 24.3 Å². The van der Waals surface area contributed by atoms with Crippen molar-refractivity contribution in [2.75, 3.05) is 0 Å². The van der Waals surface area contributed by atoms with Gasteiger partial charge in [-0.15, -0.1) is 0 Å². The zero-order valence-corrected chi connectivity index (χ0v) is 18.0. The van der Waals surface area contributed by atoms with Crippen molar-refractivity contribution in [3.63, 3.8) is 0 Å². The average molecular weight is 517 g/mol. The molecule has 0 bridgehead atoms. The first-order chi connectivity index (χ1) is 17.2. The van der Waals surface area contributed by atoms with Crippen molar-refractivity contribution in [1.82, 2.24) is 0 Å². The van der Waals surface area contributed by atoms with Crippen LogP contribution in [0, 0.1) is 0 Å². The first-order valence-corrected chi connectivity index (χ1v) is 10.9. The van der Waals surface area contributed by atoms with Crippen LogP contribution in [0.4, 0.5) is 0 Å². The molecule has 0 spiro atoms. The fourth-order valence-electron chi connectivity index (χ4n) is 6.13. The standard InChI is InChI=1S/C28H12O8.K.H/c29-25(30)19-12-7-5-10-3-1-9-2-4-11-6-8-13-18-16(11)14(9)15(10)17(12)21(18)22(23(19)27(33)34)24(28(35)36)20(13)26(31)32;;/h1-8H,(H,29,30)(H,31,32)(H,33,34)(H,35,36);;. The number of aromatic carboxylic acids is 4. The van der Waals surface area contributed by atoms with Crippen molar-refractivity contribution in [1.29, 1.82) is 0 Å². The Kier molecular flexibility index (Phi) is 4.95. The van der Waals surface area contributed by atoms with E-state index < -0.39 is 51.5 Å². The molecule has 0 amide bonds. The van der Waals surface area contributed by atoms with Crippen LogP contribution in [-0.2, 0) is 0 Å². The summed E-state index contributed by atoms with van der Waals surface area (Å²) >= 11 is 0. The second-order valence-corrected chi connectivity index (χ2v) is 8.87. The Bertz CT molecular complexity index is 2020. The van der Waals surface area contributed by atoms with Crippen LogP contribution in [0.15, 0.2) is 48.5 Å². The van der Waals surface area contributed by atoms with Crippen molar-refractivity contribution in [3.05, 3.63) is 70.8 Å². The van der Waals surface area contributed by atoms with Crippen molar-refractivity contribution < 1.29 is 39.6 Å². The summed E-state index contributed by atoms with van der Waals surface area (Å²) in [5, 5.41) is 46.2. The second kappa shape index (κ2) is 7.70. The van der Waals surface area contributed by atoms with Crippen LogP contribution >= 0.6 is 0 Å². The molecule has 0 saturated heterocycles. The molecule has 0 saturated carbocycles. The minimum absolute atomic E-state index is 0. The first-order valence-electron chi connectivity index (χ1n) is 10.9. The van der Waals surface area contributed by atoms with Gasteiger partial charge in [0.05, 0.1) is 22.3 Å². The van der Waals surface area contributed by atoms with Gasteiger partial charge in [-0.2, -0.15) is 0 Å². The zero-order valence-electron chi connectivity index (χ0n) is 18.0. The summed E-state index contributed by atoms with van der Waals surface area (Å²) in [6.45, 7) is 0. The van der Waals surface area contributed by atoms with Gasteiger partial charge in [0.25, 0.3) is 0 Å². The summed E-state index contributed by atoms with van der Waals surface area (Å²) in [4.78, 5) is 50.1. The van der Waals surface area contributed by atoms with Gasteiger partial charge in [0.2, 0.25) is 0 Å². The predicted octanol–water partition coefficient (Wildman–Crippen LogP) is 5.06. The van der Waals surface area contributed by atoms with Crippen molar-refractivity contribution >= 4 is 140 Å². The molecule has 0 aliphatic carbocycles. The van der Waals surface area contributed by atoms with Crippen molar-refractivity contribution in [2.24, 2.45) is 0 Å². The number of carboxylic acids is 4. The molecule has 0 radical (unpaired) electrons. The average Bonchev–Trinajstić information content (AvgIpc) is 2.84. The molecule has 9 heteroatoms. The normalized spacial score (nSPS) is 11.9. The molecular weight excluding hydrogens is 503 g/mol. The topological polar surface area (TPSA) is 149 Å². The van der Waals surface area contributed by atoms with E-state index in [1.165, 1.54) is 12.1 Å². The molecule has 0 aliphatic rings. The van der Waals surface area contributed by atoms with Gasteiger partial charge >= 0.3 is 75.3 Å². The first kappa shape index (κ1) is 23.8. The van der Waals surface area contributed by atoms with E-state index in [0.717, 1.165) is 21.5 Å². The van der Waals surface area contributed by atoms with E-state index in [9.17, 15) is 39.6 Å². The quantitative estimate of drug-likeness (QED) is 0.144. The maximum absolute atomic E-state index is 12.6. The van der Waals surface area contributed by atoms with Gasteiger partial charge in [0, 0.05) is 10.8 Å². The molecular formula is C28H13KO8. The molecule has 0 fully saturated rings. The maximum atomic E-state index is 12.6. The van der Waals surface area contributed by atoms with Gasteiger partial charge in [-0.05, 0) is 53.9 Å². The van der Waals surface area contributed by atoms with Crippen LogP contribution in [0.3, 0.4) is 0 Å². The van der Waals surface area contributed by atoms with E-state index in [2.05, 4.69) is 0 Å². The van der Waals surface area contributed by atoms with Crippen molar-refractivity contribution in [2.45, 2.75) is 0 Å². The Labute approximate surface area is 248 Å². The molecule has 7 rings (SSSR count). The number of benzene rings is 7. The van der Waals surface area contributed by atoms with Crippen LogP contribution in [0.25, 0.3) is 64.6 Å². The predicted molar refractivity (Wildman–Crippen MR) is 140 cm³/mol. The fourth-order valence-corrected chi connectivity index (χ4v) is 6.13. The van der Waals surface area contributed by atoms with Gasteiger partial charge in [0.15, 0.2) is 0 Å². The van der Waals surface area contributed by atoms with E-state index in [1.54, 1.807) is 12.1 Å². The summed E-state index contributed by atoms with van der Waals surface area (Å²) in [6.07, 6.45) is 0. The Morgan fingerprint density at radius 1 is 0.378 bits per heavy atom. The third kappa shape index (κ3) is 2.75. The molecule has 174 valence electrons. The van der Waals surface area contributed by atoms with Crippen LogP contribution in [-0.4, -0.2) is 95.7 Å². The van der Waals surface area contributed by atoms with Gasteiger partial charge in [-0.3, -0.25) is 0 Å². The number of carbonyl (C=O) groups is 4. The zero-order chi connectivity index (χ0) is 25.2. The van der Waals surface area contributed by atoms with E-state index >= 15 is 0 Å². The summed E-state index contributed by atoms with van der Waals surface area (Å²) in [6, 6.07) is 14.1. The van der Waals surface area contributed by atoms with Crippen LogP contribution in [0.5, 0.6) is 0 Å². The molecule has 0 unspecified atom stereocenters. The van der Waals surface area contributed by atoms with E-state index in [4.69, 9.17) is 0 Å². The van der Waals surface area contributed by atoms with E-state index in [-0.39, 0.29) is 67.5 Å². The Balaban J connectivity index is 0.00000252. The van der Waals surface area contributed by atoms with Crippen molar-refractivity contribution in [3.8, 4) is 0 Å². The molecule has 7 aromatic carbocycles. The fraction of sp³-hybridized carbons (Fsp3) is 0. The summed E-state index contributed by atoms with van der Waals surface area (Å²) in [5.41, 5.74) is -2.63. The number of hydrogen-bond donors (Lipinski definition) is 4. The molecule has 0 aliphatic heterocycles. The Morgan fingerprint density at radius 3 is 1.00 bits per heavy atom. The molecule has 0 aromatic heterocycles. The monoisotopic (exact) mass is 516 g/mol. The summed E-state index contributed by atoms with van der Waals surface area (Å²) in [7, 11) is 0. The molecule has 4 N–H and O–H groups in total. The Morgan fingerprint density at radius 2 is 0.676 bits per heavy atom. The number of hydrogen-bond acceptors (Lipinski definition) is 4. The number of rotatable bonds is 4. The second-order valence-electron chi connectivity index (χ2n) is 8.87. The van der Waals surface area contributed by atoms with E-state index in [0.29, 0.717) is 21.5 Å². The SMILES string of the molecule is O=C(O)c1c(C(=O)O)c2c(C(=O)O)c(C(=O)O)c3ccc4ccc5ccc6ccc1c1c6c5c4c3c21.[KH]. The van der Waals surface area contributed by atoms with Gasteiger partial charge in [-0.25, -0.2) is 19.2 Å². The van der Waals surface area contributed by atoms with Crippen LogP contribution in [0.1, 0.15) is 41.4 Å². The molecule has 8 nitrogen and oxygen atoms in total.